The zero-order chi connectivity index (χ0) is 32.9. The molecule has 8 rings (SSSR count). The van der Waals surface area contributed by atoms with Gasteiger partial charge in [0.2, 0.25) is 0 Å². The predicted octanol–water partition coefficient (Wildman–Crippen LogP) is 12.1. The summed E-state index contributed by atoms with van der Waals surface area (Å²) in [6.07, 6.45) is 0. The van der Waals surface area contributed by atoms with Crippen molar-refractivity contribution >= 4 is 49.7 Å². The van der Waals surface area contributed by atoms with E-state index < -0.39 is 6.04 Å². The predicted molar refractivity (Wildman–Crippen MR) is 183 cm³/mol. The Morgan fingerprint density at radius 1 is 0.488 bits per heavy atom. The van der Waals surface area contributed by atoms with E-state index in [2.05, 4.69) is 71.6 Å². The quantitative estimate of drug-likeness (QED) is 0.196. The van der Waals surface area contributed by atoms with E-state index in [0.717, 1.165) is 59.9 Å². The summed E-state index contributed by atoms with van der Waals surface area (Å²) in [7, 11) is 0. The van der Waals surface area contributed by atoms with Crippen molar-refractivity contribution in [1.82, 2.24) is 0 Å². The van der Waals surface area contributed by atoms with Crippen molar-refractivity contribution < 1.29 is 11.3 Å². The maximum absolute atomic E-state index is 8.40. The van der Waals surface area contributed by atoms with E-state index in [1.165, 1.54) is 0 Å². The number of hydrogen-bond acceptors (Lipinski definition) is 3. The van der Waals surface area contributed by atoms with Gasteiger partial charge in [-0.15, -0.1) is 11.3 Å². The molecule has 2 nitrogen and oxygen atoms in total. The zero-order valence-electron chi connectivity index (χ0n) is 28.0. The Morgan fingerprint density at radius 2 is 1.12 bits per heavy atom. The van der Waals surface area contributed by atoms with Crippen LogP contribution in [-0.4, -0.2) is 0 Å². The lowest BCUT2D eigenvalue weighted by Gasteiger charge is -2.23. The van der Waals surface area contributed by atoms with Gasteiger partial charge in [0.1, 0.15) is 16.2 Å². The van der Waals surface area contributed by atoms with Crippen LogP contribution in [0.3, 0.4) is 0 Å². The number of furan rings is 1. The summed E-state index contributed by atoms with van der Waals surface area (Å²) in [6, 6.07) is 43.4. The third-order valence-electron chi connectivity index (χ3n) is 7.62. The van der Waals surface area contributed by atoms with Gasteiger partial charge >= 0.3 is 0 Å². The third kappa shape index (κ3) is 4.80. The van der Waals surface area contributed by atoms with Crippen molar-refractivity contribution in [3.63, 3.8) is 0 Å². The average Bonchev–Trinajstić information content (AvgIpc) is 3.76. The molecule has 0 unspecified atom stereocenters. The molecule has 6 aromatic carbocycles. The molecule has 0 amide bonds. The van der Waals surface area contributed by atoms with Crippen LogP contribution in [-0.2, 0) is 0 Å². The highest BCUT2D eigenvalue weighted by molar-refractivity contribution is 7.19. The first-order valence-electron chi connectivity index (χ1n) is 16.5. The number of benzene rings is 6. The van der Waals surface area contributed by atoms with Crippen LogP contribution in [0.4, 0.5) is 16.4 Å². The Hall–Kier alpha value is -5.38. The van der Waals surface area contributed by atoms with E-state index in [9.17, 15) is 0 Å². The van der Waals surface area contributed by atoms with Crippen molar-refractivity contribution in [1.29, 1.82) is 0 Å². The molecular formula is C40H27NOS. The summed E-state index contributed by atoms with van der Waals surface area (Å²) in [5.41, 5.74) is 7.80. The first-order valence-corrected chi connectivity index (χ1v) is 14.8. The normalized spacial score (nSPS) is 12.9. The average molecular weight is 575 g/mol. The van der Waals surface area contributed by atoms with Gasteiger partial charge in [-0.3, -0.25) is 0 Å². The monoisotopic (exact) mass is 574 g/mol. The van der Waals surface area contributed by atoms with Crippen LogP contribution in [0.1, 0.15) is 6.85 Å². The second-order valence-electron chi connectivity index (χ2n) is 10.2. The molecule has 43 heavy (non-hydrogen) atoms. The topological polar surface area (TPSA) is 16.4 Å². The van der Waals surface area contributed by atoms with Gasteiger partial charge in [-0.05, 0) is 82.4 Å². The van der Waals surface area contributed by atoms with Crippen molar-refractivity contribution in [3.05, 3.63) is 164 Å². The number of nitrogens with zero attached hydrogens (tertiary/aromatic N) is 1. The summed E-state index contributed by atoms with van der Waals surface area (Å²) in [4.78, 5) is 3.29. The molecule has 8 aromatic rings. The maximum atomic E-state index is 8.40. The smallest absolute Gasteiger partial charge is 0.135 e. The van der Waals surface area contributed by atoms with Crippen LogP contribution >= 0.6 is 11.3 Å². The fourth-order valence-electron chi connectivity index (χ4n) is 5.49. The van der Waals surface area contributed by atoms with Crippen LogP contribution in [0.2, 0.25) is 0 Å². The van der Waals surface area contributed by atoms with Crippen molar-refractivity contribution in [3.8, 4) is 32.7 Å². The number of anilines is 3. The van der Waals surface area contributed by atoms with Gasteiger partial charge in [-0.2, -0.15) is 0 Å². The second-order valence-corrected chi connectivity index (χ2v) is 11.3. The second kappa shape index (κ2) is 10.8. The minimum absolute atomic E-state index is 0.193. The van der Waals surface area contributed by atoms with Gasteiger partial charge in [0.15, 0.2) is 0 Å². The summed E-state index contributed by atoms with van der Waals surface area (Å²) >= 11 is 1.68. The molecule has 204 valence electrons. The number of fused-ring (bicyclic) bond motifs is 3. The minimum Gasteiger partial charge on any atom is -0.456 e. The molecule has 0 radical (unpaired) electrons. The van der Waals surface area contributed by atoms with Crippen LogP contribution in [0.15, 0.2) is 168 Å². The van der Waals surface area contributed by atoms with Crippen molar-refractivity contribution in [2.45, 2.75) is 0 Å². The van der Waals surface area contributed by atoms with Crippen molar-refractivity contribution in [2.75, 3.05) is 4.90 Å². The maximum Gasteiger partial charge on any atom is 0.135 e. The number of para-hydroxylation sites is 2. The number of hydrogen-bond donors (Lipinski definition) is 0. The molecule has 0 aliphatic carbocycles. The van der Waals surface area contributed by atoms with E-state index in [-0.39, 0.29) is 29.7 Å². The van der Waals surface area contributed by atoms with Gasteiger partial charge in [-0.25, -0.2) is 0 Å². The Bertz CT molecular complexity index is 2420. The SMILES string of the molecule is [2H]c1c([2H])c([2H])c(-c2ccc(N(c3ccccc3)c3ccc(-c4ccc(-c5ccc6oc7ccccc7c6c5)cc4)s3)cc2)c([2H])c1[2H]. The lowest BCUT2D eigenvalue weighted by atomic mass is 10.0. The highest BCUT2D eigenvalue weighted by Crippen LogP contribution is 2.42. The lowest BCUT2D eigenvalue weighted by molar-refractivity contribution is 0.669. The van der Waals surface area contributed by atoms with Crippen LogP contribution in [0.5, 0.6) is 0 Å². The van der Waals surface area contributed by atoms with E-state index >= 15 is 0 Å². The summed E-state index contributed by atoms with van der Waals surface area (Å²) < 4.78 is 46.9. The Morgan fingerprint density at radius 3 is 1.93 bits per heavy atom. The molecule has 0 aliphatic rings. The van der Waals surface area contributed by atoms with Crippen LogP contribution in [0, 0.1) is 0 Å². The highest BCUT2D eigenvalue weighted by atomic mass is 32.1. The molecule has 3 heteroatoms. The Kier molecular flexibility index (Phi) is 5.14. The number of thiophene rings is 1. The molecule has 0 bridgehead atoms. The van der Waals surface area contributed by atoms with Crippen molar-refractivity contribution in [2.24, 2.45) is 0 Å². The molecule has 2 aromatic heterocycles. The van der Waals surface area contributed by atoms with E-state index in [4.69, 9.17) is 11.3 Å². The van der Waals surface area contributed by atoms with Crippen LogP contribution < -0.4 is 4.90 Å². The molecule has 0 spiro atoms. The Labute approximate surface area is 261 Å². The first-order chi connectivity index (χ1) is 23.4. The highest BCUT2D eigenvalue weighted by Gasteiger charge is 2.16. The molecule has 0 saturated heterocycles. The standard InChI is InChI=1S/C40H27NOS/c1-3-9-28(10-4-1)29-19-22-34(23-20-29)41(33-11-5-2-6-12-33)40-26-25-39(43-40)31-17-15-30(16-18-31)32-21-24-38-36(27-32)35-13-7-8-14-37(35)42-38/h1-27H/i1D,3D,4D,9D,10D. The molecule has 0 saturated carbocycles. The van der Waals surface area contributed by atoms with Gasteiger partial charge in [-0.1, -0.05) is 109 Å². The Balaban J connectivity index is 1.11. The molecule has 0 fully saturated rings. The van der Waals surface area contributed by atoms with Gasteiger partial charge in [0.05, 0.1) is 6.85 Å². The number of rotatable bonds is 6. The summed E-state index contributed by atoms with van der Waals surface area (Å²) in [6.45, 7) is 0. The minimum atomic E-state index is -0.395. The molecular weight excluding hydrogens is 543 g/mol. The summed E-state index contributed by atoms with van der Waals surface area (Å²) in [5, 5.41) is 3.24. The fraction of sp³-hybridized carbons (Fsp3) is 0. The lowest BCUT2D eigenvalue weighted by Crippen LogP contribution is -2.07. The molecule has 0 aliphatic heterocycles. The molecule has 2 heterocycles. The summed E-state index contributed by atoms with van der Waals surface area (Å²) in [5.74, 6) is 0. The largest absolute Gasteiger partial charge is 0.456 e. The van der Waals surface area contributed by atoms with Gasteiger partial charge in [0.25, 0.3) is 0 Å². The fourth-order valence-corrected chi connectivity index (χ4v) is 6.54. The first kappa shape index (κ1) is 20.5. The van der Waals surface area contributed by atoms with Crippen LogP contribution in [0.25, 0.3) is 54.6 Å². The van der Waals surface area contributed by atoms with Gasteiger partial charge < -0.3 is 9.32 Å². The third-order valence-corrected chi connectivity index (χ3v) is 8.74. The van der Waals surface area contributed by atoms with E-state index in [1.54, 1.807) is 11.3 Å². The zero-order valence-corrected chi connectivity index (χ0v) is 23.8. The van der Waals surface area contributed by atoms with E-state index in [0.29, 0.717) is 5.56 Å². The van der Waals surface area contributed by atoms with E-state index in [1.807, 2.05) is 66.7 Å². The van der Waals surface area contributed by atoms with Gasteiger partial charge in [0, 0.05) is 27.0 Å². The molecule has 0 N–H and O–H groups in total. The molecule has 0 atom stereocenters.